The lowest BCUT2D eigenvalue weighted by molar-refractivity contribution is -1.19. The van der Waals surface area contributed by atoms with Crippen LogP contribution in [0.1, 0.15) is 39.4 Å². The molecule has 4 aliphatic heterocycles. The van der Waals surface area contributed by atoms with Crippen LogP contribution in [0.15, 0.2) is 24.3 Å². The molecule has 138 valence electrons. The maximum Gasteiger partial charge on any atom is 0.240 e. The molecule has 0 saturated carbocycles. The van der Waals surface area contributed by atoms with Crippen molar-refractivity contribution in [2.75, 3.05) is 33.3 Å². The second kappa shape index (κ2) is 5.70. The molecule has 3 N–H and O–H groups in total. The van der Waals surface area contributed by atoms with Gasteiger partial charge in [-0.25, -0.2) is 0 Å². The van der Waals surface area contributed by atoms with Gasteiger partial charge in [-0.05, 0) is 36.1 Å². The number of aliphatic hydroxyl groups is 1. The Morgan fingerprint density at radius 1 is 0.920 bits per heavy atom. The monoisotopic (exact) mass is 346 g/mol. The predicted molar refractivity (Wildman–Crippen MR) is 97.7 cm³/mol. The van der Waals surface area contributed by atoms with Gasteiger partial charge in [0.2, 0.25) is 6.17 Å². The lowest BCUT2D eigenvalue weighted by atomic mass is 9.52. The number of piperidine rings is 2. The van der Waals surface area contributed by atoms with Crippen molar-refractivity contribution in [2.24, 2.45) is 22.7 Å². The van der Waals surface area contributed by atoms with Gasteiger partial charge in [-0.15, -0.1) is 0 Å². The first-order valence-corrected chi connectivity index (χ1v) is 9.85. The summed E-state index contributed by atoms with van der Waals surface area (Å²) in [6, 6.07) is 8.66. The zero-order chi connectivity index (χ0) is 18.0. The third-order valence-electron chi connectivity index (χ3n) is 7.88. The van der Waals surface area contributed by atoms with E-state index in [0.29, 0.717) is 18.0 Å². The van der Waals surface area contributed by atoms with E-state index < -0.39 is 0 Å². The summed E-state index contributed by atoms with van der Waals surface area (Å²) in [7, 11) is 1.72. The summed E-state index contributed by atoms with van der Waals surface area (Å²) < 4.78 is 5.34. The summed E-state index contributed by atoms with van der Waals surface area (Å²) in [6.07, 6.45) is 0.335. The molecule has 0 atom stereocenters. The Kier molecular flexibility index (Phi) is 3.95. The summed E-state index contributed by atoms with van der Waals surface area (Å²) in [4.78, 5) is 3.34. The molecular formula is C21H34N2O2+2. The van der Waals surface area contributed by atoms with Crippen molar-refractivity contribution >= 4 is 0 Å². The summed E-state index contributed by atoms with van der Waals surface area (Å²) >= 11 is 0. The van der Waals surface area contributed by atoms with Gasteiger partial charge in [-0.1, -0.05) is 27.7 Å². The molecule has 0 aromatic heterocycles. The van der Waals surface area contributed by atoms with Crippen molar-refractivity contribution in [3.8, 4) is 5.75 Å². The van der Waals surface area contributed by atoms with Gasteiger partial charge in [-0.3, -0.25) is 9.80 Å². The number of quaternary nitrogens is 2. The maximum atomic E-state index is 11.5. The largest absolute Gasteiger partial charge is 0.497 e. The van der Waals surface area contributed by atoms with Crippen LogP contribution in [-0.4, -0.2) is 44.5 Å². The number of methoxy groups -OCH3 is 1. The summed E-state index contributed by atoms with van der Waals surface area (Å²) in [6.45, 7) is 13.6. The highest BCUT2D eigenvalue weighted by Crippen LogP contribution is 2.48. The Morgan fingerprint density at radius 2 is 1.36 bits per heavy atom. The zero-order valence-electron chi connectivity index (χ0n) is 16.3. The Hall–Kier alpha value is -1.10. The Morgan fingerprint density at radius 3 is 1.72 bits per heavy atom. The number of hydrogen-bond acceptors (Lipinski definition) is 2. The minimum atomic E-state index is -0.163. The van der Waals surface area contributed by atoms with Crippen LogP contribution in [0.3, 0.4) is 0 Å². The first-order valence-electron chi connectivity index (χ1n) is 9.85. The highest BCUT2D eigenvalue weighted by molar-refractivity contribution is 5.28. The second-order valence-corrected chi connectivity index (χ2v) is 9.41. The third kappa shape index (κ3) is 2.23. The molecular weight excluding hydrogens is 312 g/mol. The third-order valence-corrected chi connectivity index (χ3v) is 7.88. The lowest BCUT2D eigenvalue weighted by Crippen LogP contribution is -3.41. The molecule has 25 heavy (non-hydrogen) atoms. The first kappa shape index (κ1) is 17.3. The zero-order valence-corrected chi connectivity index (χ0v) is 16.3. The van der Waals surface area contributed by atoms with Gasteiger partial charge in [0.05, 0.1) is 55.8 Å². The molecule has 4 heteroatoms. The van der Waals surface area contributed by atoms with Crippen molar-refractivity contribution in [2.45, 2.75) is 40.0 Å². The van der Waals surface area contributed by atoms with Crippen LogP contribution in [0.4, 0.5) is 0 Å². The molecule has 4 saturated heterocycles. The number of nitrogens with one attached hydrogen (secondary N) is 2. The van der Waals surface area contributed by atoms with E-state index in [1.54, 1.807) is 16.9 Å². The Labute approximate surface area is 151 Å². The predicted octanol–water partition coefficient (Wildman–Crippen LogP) is 0.150. The Balaban J connectivity index is 1.73. The molecule has 5 rings (SSSR count). The number of aliphatic hydroxyl groups excluding tert-OH is 1. The van der Waals surface area contributed by atoms with Crippen LogP contribution in [0.2, 0.25) is 0 Å². The molecule has 0 unspecified atom stereocenters. The van der Waals surface area contributed by atoms with Gasteiger partial charge < -0.3 is 9.84 Å². The van der Waals surface area contributed by atoms with Crippen molar-refractivity contribution in [3.05, 3.63) is 29.8 Å². The number of benzene rings is 1. The quantitative estimate of drug-likeness (QED) is 0.726. The highest BCUT2D eigenvalue weighted by atomic mass is 16.5. The SMILES string of the molecule is COc1ccc(C2[NH+]3CC4(C(C)C)C[NH+]2CC(C(C)C)(C3)C4O)cc1. The summed E-state index contributed by atoms with van der Waals surface area (Å²) in [5.74, 6) is 1.96. The van der Waals surface area contributed by atoms with Crippen LogP contribution in [-0.2, 0) is 0 Å². The van der Waals surface area contributed by atoms with Gasteiger partial charge in [0, 0.05) is 0 Å². The molecule has 4 bridgehead atoms. The molecule has 0 aliphatic carbocycles. The molecule has 1 aromatic carbocycles. The maximum absolute atomic E-state index is 11.5. The Bertz CT molecular complexity index is 596. The van der Waals surface area contributed by atoms with Gasteiger partial charge in [-0.2, -0.15) is 0 Å². The van der Waals surface area contributed by atoms with E-state index in [0.717, 1.165) is 31.9 Å². The first-order chi connectivity index (χ1) is 11.8. The highest BCUT2D eigenvalue weighted by Gasteiger charge is 2.72. The molecule has 4 nitrogen and oxygen atoms in total. The fourth-order valence-corrected chi connectivity index (χ4v) is 6.31. The van der Waals surface area contributed by atoms with Gasteiger partial charge in [0.25, 0.3) is 0 Å². The van der Waals surface area contributed by atoms with E-state index in [2.05, 4.69) is 52.0 Å². The second-order valence-electron chi connectivity index (χ2n) is 9.41. The summed E-state index contributed by atoms with van der Waals surface area (Å²) in [5, 5.41) is 11.5. The topological polar surface area (TPSA) is 38.3 Å². The van der Waals surface area contributed by atoms with E-state index in [1.165, 1.54) is 5.56 Å². The lowest BCUT2D eigenvalue weighted by Gasteiger charge is -2.66. The van der Waals surface area contributed by atoms with E-state index >= 15 is 0 Å². The van der Waals surface area contributed by atoms with Crippen molar-refractivity contribution in [3.63, 3.8) is 0 Å². The van der Waals surface area contributed by atoms with Crippen LogP contribution < -0.4 is 14.5 Å². The molecule has 4 aliphatic rings. The molecule has 1 aromatic rings. The van der Waals surface area contributed by atoms with E-state index in [-0.39, 0.29) is 16.9 Å². The van der Waals surface area contributed by atoms with E-state index in [9.17, 15) is 5.11 Å². The van der Waals surface area contributed by atoms with Gasteiger partial charge in [0.1, 0.15) is 5.75 Å². The molecule has 4 heterocycles. The van der Waals surface area contributed by atoms with Crippen molar-refractivity contribution < 1.29 is 19.6 Å². The number of ether oxygens (including phenoxy) is 1. The van der Waals surface area contributed by atoms with Crippen molar-refractivity contribution in [1.29, 1.82) is 0 Å². The molecule has 4 fully saturated rings. The normalized spacial score (nSPS) is 42.4. The molecule has 0 spiro atoms. The van der Waals surface area contributed by atoms with Crippen LogP contribution in [0.5, 0.6) is 5.75 Å². The fraction of sp³-hybridized carbons (Fsp3) is 0.714. The average Bonchev–Trinajstić information content (AvgIpc) is 2.58. The van der Waals surface area contributed by atoms with Crippen molar-refractivity contribution in [1.82, 2.24) is 0 Å². The van der Waals surface area contributed by atoms with E-state index in [1.807, 2.05) is 0 Å². The van der Waals surface area contributed by atoms with Crippen LogP contribution in [0, 0.1) is 22.7 Å². The standard InChI is InChI=1S/C21H32N2O2/c1-14(2)20-10-22-12-21(15(3)4,19(20)24)13-23(11-20)18(22)16-6-8-17(25-5)9-7-16/h6-9,14-15,18-19,24H,10-13H2,1-5H3/p+2. The minimum Gasteiger partial charge on any atom is -0.497 e. The van der Waals surface area contributed by atoms with Crippen LogP contribution >= 0.6 is 0 Å². The van der Waals surface area contributed by atoms with E-state index in [4.69, 9.17) is 4.74 Å². The fourth-order valence-electron chi connectivity index (χ4n) is 6.31. The summed E-state index contributed by atoms with van der Waals surface area (Å²) in [5.41, 5.74) is 1.54. The molecule has 0 amide bonds. The smallest absolute Gasteiger partial charge is 0.240 e. The number of rotatable bonds is 4. The minimum absolute atomic E-state index is 0.0639. The van der Waals surface area contributed by atoms with Gasteiger partial charge in [0.15, 0.2) is 0 Å². The number of hydrogen-bond donors (Lipinski definition) is 3. The van der Waals surface area contributed by atoms with Gasteiger partial charge >= 0.3 is 0 Å². The van der Waals surface area contributed by atoms with Crippen LogP contribution in [0.25, 0.3) is 0 Å². The molecule has 0 radical (unpaired) electrons. The average molecular weight is 347 g/mol.